The maximum atomic E-state index is 12.4. The van der Waals surface area contributed by atoms with Crippen LogP contribution in [0.3, 0.4) is 0 Å². The number of rotatable bonds is 2. The highest BCUT2D eigenvalue weighted by Gasteiger charge is 2.50. The zero-order valence-electron chi connectivity index (χ0n) is 13.6. The predicted molar refractivity (Wildman–Crippen MR) is 91.2 cm³/mol. The van der Waals surface area contributed by atoms with Gasteiger partial charge in [0.1, 0.15) is 0 Å². The van der Waals surface area contributed by atoms with E-state index in [4.69, 9.17) is 0 Å². The molecule has 7 nitrogen and oxygen atoms in total. The SMILES string of the molecule is CS(=O)(=O)N1CCc2[nH]cnc2C12CCN(c1ccncc1)CC2. The Morgan fingerprint density at radius 2 is 1.88 bits per heavy atom. The van der Waals surface area contributed by atoms with Gasteiger partial charge in [0, 0.05) is 49.8 Å². The summed E-state index contributed by atoms with van der Waals surface area (Å²) >= 11 is 0. The quantitative estimate of drug-likeness (QED) is 0.880. The lowest BCUT2D eigenvalue weighted by Gasteiger charge is -2.49. The summed E-state index contributed by atoms with van der Waals surface area (Å²) in [7, 11) is -3.29. The largest absolute Gasteiger partial charge is 0.371 e. The topological polar surface area (TPSA) is 82.2 Å². The molecule has 8 heteroatoms. The van der Waals surface area contributed by atoms with E-state index in [0.717, 1.165) is 43.0 Å². The van der Waals surface area contributed by atoms with Gasteiger partial charge in [-0.3, -0.25) is 4.98 Å². The second kappa shape index (κ2) is 5.56. The van der Waals surface area contributed by atoms with Crippen molar-refractivity contribution in [2.45, 2.75) is 24.8 Å². The van der Waals surface area contributed by atoms with E-state index in [1.54, 1.807) is 23.0 Å². The molecular formula is C16H21N5O2S. The van der Waals surface area contributed by atoms with Crippen LogP contribution in [-0.2, 0) is 22.0 Å². The summed E-state index contributed by atoms with van der Waals surface area (Å²) in [5, 5.41) is 0. The van der Waals surface area contributed by atoms with Crippen LogP contribution in [0.1, 0.15) is 24.2 Å². The fraction of sp³-hybridized carbons (Fsp3) is 0.500. The maximum absolute atomic E-state index is 12.4. The Morgan fingerprint density at radius 3 is 2.54 bits per heavy atom. The standard InChI is InChI=1S/C16H21N5O2S/c1-24(22,23)21-9-4-14-15(19-12-18-14)16(21)5-10-20(11-6-16)13-2-7-17-8-3-13/h2-3,7-8,12H,4-6,9-11H2,1H3,(H,18,19). The second-order valence-corrected chi connectivity index (χ2v) is 8.45. The molecule has 24 heavy (non-hydrogen) atoms. The highest BCUT2D eigenvalue weighted by Crippen LogP contribution is 2.44. The normalized spacial score (nSPS) is 21.0. The molecule has 0 radical (unpaired) electrons. The van der Waals surface area contributed by atoms with E-state index >= 15 is 0 Å². The van der Waals surface area contributed by atoms with Crippen LogP contribution in [0.25, 0.3) is 0 Å². The Balaban J connectivity index is 1.68. The smallest absolute Gasteiger partial charge is 0.212 e. The summed E-state index contributed by atoms with van der Waals surface area (Å²) in [6.07, 6.45) is 8.73. The van der Waals surface area contributed by atoms with Crippen molar-refractivity contribution in [2.75, 3.05) is 30.8 Å². The van der Waals surface area contributed by atoms with Gasteiger partial charge in [-0.05, 0) is 25.0 Å². The van der Waals surface area contributed by atoms with Crippen molar-refractivity contribution in [2.24, 2.45) is 0 Å². The van der Waals surface area contributed by atoms with Gasteiger partial charge < -0.3 is 9.88 Å². The van der Waals surface area contributed by atoms with Crippen LogP contribution in [-0.4, -0.2) is 53.6 Å². The summed E-state index contributed by atoms with van der Waals surface area (Å²) < 4.78 is 26.5. The molecule has 1 fully saturated rings. The molecule has 0 saturated carbocycles. The number of pyridine rings is 1. The van der Waals surface area contributed by atoms with Gasteiger partial charge in [0.05, 0.1) is 23.8 Å². The molecule has 128 valence electrons. The second-order valence-electron chi connectivity index (χ2n) is 6.54. The van der Waals surface area contributed by atoms with Gasteiger partial charge in [-0.2, -0.15) is 4.31 Å². The van der Waals surface area contributed by atoms with Crippen LogP contribution in [0.2, 0.25) is 0 Å². The molecule has 0 aromatic carbocycles. The summed E-state index contributed by atoms with van der Waals surface area (Å²) in [4.78, 5) is 14.0. The van der Waals surface area contributed by atoms with E-state index in [2.05, 4.69) is 19.9 Å². The van der Waals surface area contributed by atoms with Crippen LogP contribution < -0.4 is 4.90 Å². The third-order valence-electron chi connectivity index (χ3n) is 5.22. The Bertz CT molecular complexity index is 825. The van der Waals surface area contributed by atoms with Crippen molar-refractivity contribution in [1.29, 1.82) is 0 Å². The minimum absolute atomic E-state index is 0.517. The Morgan fingerprint density at radius 1 is 1.17 bits per heavy atom. The molecule has 0 amide bonds. The number of anilines is 1. The van der Waals surface area contributed by atoms with Crippen LogP contribution in [0, 0.1) is 0 Å². The third kappa shape index (κ3) is 2.41. The van der Waals surface area contributed by atoms with Crippen molar-refractivity contribution in [3.63, 3.8) is 0 Å². The van der Waals surface area contributed by atoms with Crippen molar-refractivity contribution < 1.29 is 8.42 Å². The number of aromatic amines is 1. The van der Waals surface area contributed by atoms with Gasteiger partial charge in [-0.25, -0.2) is 13.4 Å². The Hall–Kier alpha value is -1.93. The number of piperidine rings is 1. The fourth-order valence-electron chi connectivity index (χ4n) is 4.12. The highest BCUT2D eigenvalue weighted by molar-refractivity contribution is 7.88. The van der Waals surface area contributed by atoms with E-state index < -0.39 is 15.6 Å². The van der Waals surface area contributed by atoms with Crippen LogP contribution in [0.4, 0.5) is 5.69 Å². The first kappa shape index (κ1) is 15.6. The summed E-state index contributed by atoms with van der Waals surface area (Å²) in [6, 6.07) is 3.99. The first-order valence-corrected chi connectivity index (χ1v) is 10.0. The highest BCUT2D eigenvalue weighted by atomic mass is 32.2. The average molecular weight is 347 g/mol. The van der Waals surface area contributed by atoms with Crippen LogP contribution in [0.5, 0.6) is 0 Å². The number of nitrogens with zero attached hydrogens (tertiary/aromatic N) is 4. The van der Waals surface area contributed by atoms with Gasteiger partial charge in [-0.15, -0.1) is 0 Å². The van der Waals surface area contributed by atoms with E-state index in [-0.39, 0.29) is 0 Å². The molecule has 4 rings (SSSR count). The monoisotopic (exact) mass is 347 g/mol. The molecule has 0 bridgehead atoms. The molecule has 1 spiro atoms. The summed E-state index contributed by atoms with van der Waals surface area (Å²) in [5.41, 5.74) is 2.59. The van der Waals surface area contributed by atoms with E-state index in [1.165, 1.54) is 6.26 Å². The number of nitrogens with one attached hydrogen (secondary N) is 1. The van der Waals surface area contributed by atoms with Gasteiger partial charge in [0.2, 0.25) is 10.0 Å². The van der Waals surface area contributed by atoms with Crippen molar-refractivity contribution >= 4 is 15.7 Å². The van der Waals surface area contributed by atoms with E-state index in [1.807, 2.05) is 12.1 Å². The Kier molecular flexibility index (Phi) is 3.61. The van der Waals surface area contributed by atoms with Crippen LogP contribution in [0.15, 0.2) is 30.9 Å². The molecule has 4 heterocycles. The molecule has 2 aromatic heterocycles. The molecule has 2 aromatic rings. The predicted octanol–water partition coefficient (Wildman–Crippen LogP) is 1.12. The fourth-order valence-corrected chi connectivity index (χ4v) is 5.44. The molecular weight excluding hydrogens is 326 g/mol. The first-order chi connectivity index (χ1) is 11.5. The Labute approximate surface area is 141 Å². The van der Waals surface area contributed by atoms with Gasteiger partial charge in [0.15, 0.2) is 0 Å². The van der Waals surface area contributed by atoms with Gasteiger partial charge in [-0.1, -0.05) is 0 Å². The molecule has 0 atom stereocenters. The molecule has 1 N–H and O–H groups in total. The zero-order valence-corrected chi connectivity index (χ0v) is 14.5. The molecule has 0 aliphatic carbocycles. The van der Waals surface area contributed by atoms with Gasteiger partial charge in [0.25, 0.3) is 0 Å². The molecule has 2 aliphatic heterocycles. The van der Waals surface area contributed by atoms with E-state index in [9.17, 15) is 8.42 Å². The number of imidazole rings is 1. The number of aromatic nitrogens is 3. The minimum Gasteiger partial charge on any atom is -0.371 e. The average Bonchev–Trinajstić information content (AvgIpc) is 3.05. The zero-order chi connectivity index (χ0) is 16.8. The van der Waals surface area contributed by atoms with Gasteiger partial charge >= 0.3 is 0 Å². The van der Waals surface area contributed by atoms with Crippen LogP contribution >= 0.6 is 0 Å². The minimum atomic E-state index is -3.29. The lowest BCUT2D eigenvalue weighted by atomic mass is 9.80. The van der Waals surface area contributed by atoms with Crippen molar-refractivity contribution in [1.82, 2.24) is 19.3 Å². The third-order valence-corrected chi connectivity index (χ3v) is 6.55. The number of fused-ring (bicyclic) bond motifs is 2. The number of hydrogen-bond donors (Lipinski definition) is 1. The van der Waals surface area contributed by atoms with Crippen molar-refractivity contribution in [3.8, 4) is 0 Å². The number of H-pyrrole nitrogens is 1. The van der Waals surface area contributed by atoms with E-state index in [0.29, 0.717) is 13.0 Å². The lowest BCUT2D eigenvalue weighted by molar-refractivity contribution is 0.129. The molecule has 2 aliphatic rings. The molecule has 1 saturated heterocycles. The number of sulfonamides is 1. The maximum Gasteiger partial charge on any atom is 0.212 e. The first-order valence-electron chi connectivity index (χ1n) is 8.16. The van der Waals surface area contributed by atoms with Crippen molar-refractivity contribution in [3.05, 3.63) is 42.2 Å². The summed E-state index contributed by atoms with van der Waals surface area (Å²) in [5.74, 6) is 0. The molecule has 0 unspecified atom stereocenters. The number of hydrogen-bond acceptors (Lipinski definition) is 5. The lowest BCUT2D eigenvalue weighted by Crippen LogP contribution is -2.58. The summed E-state index contributed by atoms with van der Waals surface area (Å²) in [6.45, 7) is 2.11.